The normalized spacial score (nSPS) is 40.3. The van der Waals surface area contributed by atoms with Gasteiger partial charge in [0.2, 0.25) is 0 Å². The minimum atomic E-state index is 0.00725. The highest BCUT2D eigenvalue weighted by molar-refractivity contribution is 4.93. The minimum absolute atomic E-state index is 0.00725. The van der Waals surface area contributed by atoms with Gasteiger partial charge in [-0.1, -0.05) is 5.11 Å². The first-order valence-electron chi connectivity index (χ1n) is 5.54. The lowest BCUT2D eigenvalue weighted by molar-refractivity contribution is -0.125. The van der Waals surface area contributed by atoms with Crippen molar-refractivity contribution in [3.63, 3.8) is 0 Å². The third-order valence-electron chi connectivity index (χ3n) is 3.31. The molecule has 2 aliphatic rings. The number of nitrogens with zero attached hydrogens (tertiary/aromatic N) is 3. The van der Waals surface area contributed by atoms with Crippen LogP contribution in [-0.4, -0.2) is 31.0 Å². The largest absolute Gasteiger partial charge is 0.378 e. The molecule has 2 heterocycles. The predicted molar refractivity (Wildman–Crippen MR) is 55.5 cm³/mol. The fraction of sp³-hybridized carbons (Fsp3) is 1.00. The van der Waals surface area contributed by atoms with Crippen LogP contribution in [0, 0.1) is 0 Å². The van der Waals surface area contributed by atoms with Crippen LogP contribution in [0.2, 0.25) is 0 Å². The first-order chi connectivity index (χ1) is 7.24. The molecule has 2 saturated heterocycles. The molecular weight excluding hydrogens is 194 g/mol. The van der Waals surface area contributed by atoms with Gasteiger partial charge in [-0.05, 0) is 31.7 Å². The highest BCUT2D eigenvalue weighted by Crippen LogP contribution is 2.40. The van der Waals surface area contributed by atoms with Crippen molar-refractivity contribution in [1.29, 1.82) is 0 Å². The van der Waals surface area contributed by atoms with Crippen LogP contribution in [0.3, 0.4) is 0 Å². The molecule has 0 radical (unpaired) electrons. The Kier molecular flexibility index (Phi) is 3.14. The van der Waals surface area contributed by atoms with Gasteiger partial charge in [-0.25, -0.2) is 0 Å². The van der Waals surface area contributed by atoms with Gasteiger partial charge < -0.3 is 9.47 Å². The molecule has 1 spiro atoms. The number of azide groups is 1. The lowest BCUT2D eigenvalue weighted by Gasteiger charge is -2.36. The van der Waals surface area contributed by atoms with Crippen molar-refractivity contribution >= 4 is 0 Å². The number of hydrogen-bond donors (Lipinski definition) is 0. The van der Waals surface area contributed by atoms with Crippen molar-refractivity contribution in [3.8, 4) is 0 Å². The smallest absolute Gasteiger partial charge is 0.0733 e. The SMILES string of the molecule is C[C@@H]1C[C@]2(CCO1)CC[C@@H](CN=[N+]=[N-])O2. The highest BCUT2D eigenvalue weighted by atomic mass is 16.5. The molecule has 0 aromatic carbocycles. The summed E-state index contributed by atoms with van der Waals surface area (Å²) < 4.78 is 11.5. The molecule has 5 nitrogen and oxygen atoms in total. The topological polar surface area (TPSA) is 67.2 Å². The van der Waals surface area contributed by atoms with Crippen LogP contribution >= 0.6 is 0 Å². The Balaban J connectivity index is 1.92. The highest BCUT2D eigenvalue weighted by Gasteiger charge is 2.42. The van der Waals surface area contributed by atoms with Crippen LogP contribution in [0.1, 0.15) is 32.6 Å². The Hall–Kier alpha value is -0.770. The Labute approximate surface area is 89.4 Å². The summed E-state index contributed by atoms with van der Waals surface area (Å²) in [4.78, 5) is 2.77. The molecule has 2 aliphatic heterocycles. The molecule has 0 aromatic heterocycles. The molecule has 15 heavy (non-hydrogen) atoms. The maximum absolute atomic E-state index is 8.25. The maximum atomic E-state index is 8.25. The van der Waals surface area contributed by atoms with Gasteiger partial charge in [0.1, 0.15) is 0 Å². The first kappa shape index (κ1) is 10.7. The summed E-state index contributed by atoms with van der Waals surface area (Å²) in [5, 5.41) is 3.58. The van der Waals surface area contributed by atoms with E-state index in [2.05, 4.69) is 16.9 Å². The number of ether oxygens (including phenoxy) is 2. The lowest BCUT2D eigenvalue weighted by atomic mass is 9.88. The zero-order chi connectivity index (χ0) is 10.7. The van der Waals surface area contributed by atoms with Gasteiger partial charge in [0.05, 0.1) is 24.4 Å². The fourth-order valence-corrected chi connectivity index (χ4v) is 2.62. The average molecular weight is 211 g/mol. The van der Waals surface area contributed by atoms with E-state index in [0.717, 1.165) is 32.3 Å². The van der Waals surface area contributed by atoms with Gasteiger partial charge in [0, 0.05) is 17.9 Å². The van der Waals surface area contributed by atoms with E-state index in [1.165, 1.54) is 0 Å². The molecule has 2 rings (SSSR count). The molecular formula is C10H17N3O2. The van der Waals surface area contributed by atoms with E-state index < -0.39 is 0 Å². The third-order valence-corrected chi connectivity index (χ3v) is 3.31. The molecule has 0 N–H and O–H groups in total. The van der Waals surface area contributed by atoms with Crippen molar-refractivity contribution in [2.24, 2.45) is 5.11 Å². The Bertz CT molecular complexity index is 278. The van der Waals surface area contributed by atoms with Crippen molar-refractivity contribution in [2.45, 2.75) is 50.4 Å². The molecule has 0 saturated carbocycles. The summed E-state index contributed by atoms with van der Waals surface area (Å²) in [7, 11) is 0. The summed E-state index contributed by atoms with van der Waals surface area (Å²) in [5.41, 5.74) is 8.26. The monoisotopic (exact) mass is 211 g/mol. The molecule has 84 valence electrons. The summed E-state index contributed by atoms with van der Waals surface area (Å²) >= 11 is 0. The summed E-state index contributed by atoms with van der Waals surface area (Å²) in [5.74, 6) is 0. The summed E-state index contributed by atoms with van der Waals surface area (Å²) in [6.07, 6.45) is 4.44. The van der Waals surface area contributed by atoms with Crippen LogP contribution < -0.4 is 0 Å². The predicted octanol–water partition coefficient (Wildman–Crippen LogP) is 2.41. The summed E-state index contributed by atoms with van der Waals surface area (Å²) in [6.45, 7) is 3.34. The first-order valence-corrected chi connectivity index (χ1v) is 5.54. The van der Waals surface area contributed by atoms with Crippen LogP contribution in [0.15, 0.2) is 5.11 Å². The molecule has 2 fully saturated rings. The molecule has 0 aliphatic carbocycles. The zero-order valence-corrected chi connectivity index (χ0v) is 9.06. The van der Waals surface area contributed by atoms with Gasteiger partial charge >= 0.3 is 0 Å². The number of hydrogen-bond acceptors (Lipinski definition) is 3. The van der Waals surface area contributed by atoms with E-state index in [-0.39, 0.29) is 17.8 Å². The Morgan fingerprint density at radius 2 is 2.40 bits per heavy atom. The van der Waals surface area contributed by atoms with E-state index in [1.807, 2.05) is 0 Å². The van der Waals surface area contributed by atoms with Crippen LogP contribution in [0.4, 0.5) is 0 Å². The Morgan fingerprint density at radius 3 is 3.13 bits per heavy atom. The lowest BCUT2D eigenvalue weighted by Crippen LogP contribution is -2.40. The van der Waals surface area contributed by atoms with Crippen LogP contribution in [0.25, 0.3) is 10.4 Å². The van der Waals surface area contributed by atoms with E-state index in [4.69, 9.17) is 15.0 Å². The standard InChI is InChI=1S/C10H17N3O2/c1-8-6-10(4-5-14-8)3-2-9(15-10)7-12-13-11/h8-9H,2-7H2,1H3/t8-,9+,10-/m1/s1. The molecule has 3 atom stereocenters. The molecule has 5 heteroatoms. The second-order valence-electron chi connectivity index (χ2n) is 4.51. The van der Waals surface area contributed by atoms with Crippen LogP contribution in [-0.2, 0) is 9.47 Å². The summed E-state index contributed by atoms with van der Waals surface area (Å²) in [6, 6.07) is 0. The quantitative estimate of drug-likeness (QED) is 0.400. The second kappa shape index (κ2) is 4.39. The molecule has 0 aromatic rings. The van der Waals surface area contributed by atoms with Gasteiger partial charge in [-0.3, -0.25) is 0 Å². The molecule has 0 unspecified atom stereocenters. The number of rotatable bonds is 2. The maximum Gasteiger partial charge on any atom is 0.0733 e. The van der Waals surface area contributed by atoms with Crippen LogP contribution in [0.5, 0.6) is 0 Å². The Morgan fingerprint density at radius 1 is 1.53 bits per heavy atom. The molecule has 0 bridgehead atoms. The van der Waals surface area contributed by atoms with Gasteiger partial charge in [-0.2, -0.15) is 0 Å². The molecule has 0 amide bonds. The van der Waals surface area contributed by atoms with E-state index in [9.17, 15) is 0 Å². The van der Waals surface area contributed by atoms with Gasteiger partial charge in [0.25, 0.3) is 0 Å². The fourth-order valence-electron chi connectivity index (χ4n) is 2.62. The zero-order valence-electron chi connectivity index (χ0n) is 9.06. The van der Waals surface area contributed by atoms with Crippen molar-refractivity contribution in [2.75, 3.05) is 13.2 Å². The van der Waals surface area contributed by atoms with Crippen molar-refractivity contribution < 1.29 is 9.47 Å². The minimum Gasteiger partial charge on any atom is -0.378 e. The van der Waals surface area contributed by atoms with E-state index in [1.54, 1.807) is 0 Å². The third kappa shape index (κ3) is 2.43. The van der Waals surface area contributed by atoms with Gasteiger partial charge in [0.15, 0.2) is 0 Å². The second-order valence-corrected chi connectivity index (χ2v) is 4.51. The van der Waals surface area contributed by atoms with Crippen molar-refractivity contribution in [3.05, 3.63) is 10.4 Å². The average Bonchev–Trinajstić information content (AvgIpc) is 2.58. The van der Waals surface area contributed by atoms with Crippen molar-refractivity contribution in [1.82, 2.24) is 0 Å². The van der Waals surface area contributed by atoms with E-state index in [0.29, 0.717) is 6.54 Å². The van der Waals surface area contributed by atoms with Gasteiger partial charge in [-0.15, -0.1) is 0 Å². The van der Waals surface area contributed by atoms with E-state index >= 15 is 0 Å².